The number of carbonyl (C=O) groups excluding carboxylic acids is 2. The van der Waals surface area contributed by atoms with Gasteiger partial charge in [-0.15, -0.1) is 0 Å². The maximum Gasteiger partial charge on any atom is 0.323 e. The molecular formula is C13H14IN5O4. The van der Waals surface area contributed by atoms with Crippen LogP contribution in [0.25, 0.3) is 11.2 Å². The molecule has 1 saturated heterocycles. The lowest BCUT2D eigenvalue weighted by molar-refractivity contribution is -0.240. The summed E-state index contributed by atoms with van der Waals surface area (Å²) in [5.74, 6) is -3.17. The van der Waals surface area contributed by atoms with Crippen molar-refractivity contribution in [2.24, 2.45) is 5.92 Å². The number of imidazole rings is 1. The van der Waals surface area contributed by atoms with E-state index < -0.39 is 23.6 Å². The van der Waals surface area contributed by atoms with E-state index in [9.17, 15) is 9.59 Å². The van der Waals surface area contributed by atoms with Crippen LogP contribution in [0.15, 0.2) is 6.33 Å². The Labute approximate surface area is 144 Å². The minimum Gasteiger partial charge on any atom is -0.422 e. The predicted molar refractivity (Wildman–Crippen MR) is 86.8 cm³/mol. The first-order chi connectivity index (χ1) is 10.8. The molecule has 3 rings (SSSR count). The highest BCUT2D eigenvalue weighted by Crippen LogP contribution is 2.26. The van der Waals surface area contributed by atoms with Crippen LogP contribution >= 0.6 is 22.6 Å². The molecule has 0 saturated carbocycles. The van der Waals surface area contributed by atoms with E-state index >= 15 is 0 Å². The molecule has 2 aromatic rings. The van der Waals surface area contributed by atoms with Crippen molar-refractivity contribution in [3.8, 4) is 0 Å². The van der Waals surface area contributed by atoms with Crippen LogP contribution < -0.4 is 5.73 Å². The van der Waals surface area contributed by atoms with Crippen molar-refractivity contribution in [2.75, 3.05) is 5.73 Å². The van der Waals surface area contributed by atoms with Gasteiger partial charge in [0.15, 0.2) is 11.6 Å². The average molecular weight is 431 g/mol. The van der Waals surface area contributed by atoms with Crippen LogP contribution in [0.2, 0.25) is 0 Å². The molecule has 0 aromatic carbocycles. The van der Waals surface area contributed by atoms with E-state index in [1.807, 2.05) is 22.6 Å². The summed E-state index contributed by atoms with van der Waals surface area (Å²) in [5, 5.41) is 0. The molecule has 0 bridgehead atoms. The molecule has 0 unspecified atom stereocenters. The molecule has 1 fully saturated rings. The van der Waals surface area contributed by atoms with Crippen molar-refractivity contribution in [2.45, 2.75) is 32.6 Å². The van der Waals surface area contributed by atoms with E-state index in [1.165, 1.54) is 13.8 Å². The van der Waals surface area contributed by atoms with Crippen molar-refractivity contribution < 1.29 is 19.1 Å². The number of ether oxygens (including phenoxy) is 2. The Morgan fingerprint density at radius 3 is 2.61 bits per heavy atom. The molecule has 0 spiro atoms. The Bertz CT molecular complexity index is 783. The maximum absolute atomic E-state index is 12.0. The fourth-order valence-corrected chi connectivity index (χ4v) is 3.17. The van der Waals surface area contributed by atoms with Crippen LogP contribution in [-0.4, -0.2) is 37.2 Å². The maximum atomic E-state index is 12.0. The number of aromatic nitrogens is 4. The lowest BCUT2D eigenvalue weighted by Crippen LogP contribution is -2.46. The second-order valence-electron chi connectivity index (χ2n) is 5.57. The molecule has 1 aliphatic rings. The van der Waals surface area contributed by atoms with Gasteiger partial charge in [-0.2, -0.15) is 4.98 Å². The zero-order valence-electron chi connectivity index (χ0n) is 12.4. The molecule has 0 aliphatic carbocycles. The van der Waals surface area contributed by atoms with Crippen molar-refractivity contribution in [3.63, 3.8) is 0 Å². The molecule has 0 amide bonds. The number of rotatable bonds is 3. The van der Waals surface area contributed by atoms with Gasteiger partial charge in [0.2, 0.25) is 5.95 Å². The Morgan fingerprint density at radius 1 is 1.30 bits per heavy atom. The Balaban J connectivity index is 1.79. The number of carbonyl (C=O) groups is 2. The second kappa shape index (κ2) is 5.58. The number of halogens is 1. The number of nitrogen functional groups attached to an aromatic ring is 1. The first kappa shape index (κ1) is 15.9. The second-order valence-corrected chi connectivity index (χ2v) is 6.59. The predicted octanol–water partition coefficient (Wildman–Crippen LogP) is 0.855. The number of esters is 2. The molecule has 122 valence electrons. The average Bonchev–Trinajstić information content (AvgIpc) is 2.79. The largest absolute Gasteiger partial charge is 0.422 e. The molecular weight excluding hydrogens is 417 g/mol. The summed E-state index contributed by atoms with van der Waals surface area (Å²) < 4.78 is 12.6. The lowest BCUT2D eigenvalue weighted by atomic mass is 10.0. The molecule has 10 heteroatoms. The minimum atomic E-state index is -1.22. The molecule has 1 aliphatic heterocycles. The third kappa shape index (κ3) is 3.07. The highest BCUT2D eigenvalue weighted by atomic mass is 127. The number of cyclic esters (lactones) is 2. The number of hydrogen-bond acceptors (Lipinski definition) is 8. The number of hydrogen-bond donors (Lipinski definition) is 1. The fourth-order valence-electron chi connectivity index (χ4n) is 2.37. The summed E-state index contributed by atoms with van der Waals surface area (Å²) in [4.78, 5) is 36.2. The van der Waals surface area contributed by atoms with E-state index in [-0.39, 0.29) is 12.4 Å². The summed E-state index contributed by atoms with van der Waals surface area (Å²) in [6.45, 7) is 3.41. The Kier molecular flexibility index (Phi) is 3.86. The van der Waals surface area contributed by atoms with Crippen molar-refractivity contribution in [1.82, 2.24) is 19.5 Å². The third-order valence-electron chi connectivity index (χ3n) is 3.37. The SMILES string of the molecule is CC1(C)OC(=O)C(CCn2cnc3nc(N)nc(I)c32)C(=O)O1. The van der Waals surface area contributed by atoms with Gasteiger partial charge in [0.1, 0.15) is 9.22 Å². The van der Waals surface area contributed by atoms with Crippen LogP contribution in [0.1, 0.15) is 20.3 Å². The number of anilines is 1. The zero-order valence-corrected chi connectivity index (χ0v) is 14.6. The summed E-state index contributed by atoms with van der Waals surface area (Å²) >= 11 is 2.04. The van der Waals surface area contributed by atoms with Crippen LogP contribution in [-0.2, 0) is 25.6 Å². The Morgan fingerprint density at radius 2 is 1.96 bits per heavy atom. The van der Waals surface area contributed by atoms with Crippen LogP contribution in [0, 0.1) is 9.62 Å². The summed E-state index contributed by atoms with van der Waals surface area (Å²) in [5.41, 5.74) is 6.76. The Hall–Kier alpha value is -1.98. The van der Waals surface area contributed by atoms with E-state index in [2.05, 4.69) is 15.0 Å². The summed E-state index contributed by atoms with van der Waals surface area (Å²) in [6, 6.07) is 0. The van der Waals surface area contributed by atoms with Crippen molar-refractivity contribution >= 4 is 51.6 Å². The topological polar surface area (TPSA) is 122 Å². The van der Waals surface area contributed by atoms with Gasteiger partial charge >= 0.3 is 11.9 Å². The first-order valence-electron chi connectivity index (χ1n) is 6.86. The molecule has 3 heterocycles. The van der Waals surface area contributed by atoms with Gasteiger partial charge in [-0.05, 0) is 29.0 Å². The minimum absolute atomic E-state index is 0.147. The molecule has 9 nitrogen and oxygen atoms in total. The molecule has 23 heavy (non-hydrogen) atoms. The van der Waals surface area contributed by atoms with Gasteiger partial charge in [0, 0.05) is 20.4 Å². The van der Waals surface area contributed by atoms with Crippen molar-refractivity contribution in [1.29, 1.82) is 0 Å². The fraction of sp³-hybridized carbons (Fsp3) is 0.462. The number of aryl methyl sites for hydroxylation is 1. The van der Waals surface area contributed by atoms with Gasteiger partial charge < -0.3 is 19.8 Å². The quantitative estimate of drug-likeness (QED) is 0.329. The van der Waals surface area contributed by atoms with Gasteiger partial charge in [0.25, 0.3) is 5.79 Å². The highest BCUT2D eigenvalue weighted by Gasteiger charge is 2.42. The summed E-state index contributed by atoms with van der Waals surface area (Å²) in [6.07, 6.45) is 1.81. The molecule has 0 atom stereocenters. The van der Waals surface area contributed by atoms with Gasteiger partial charge in [-0.3, -0.25) is 9.59 Å². The summed E-state index contributed by atoms with van der Waals surface area (Å²) in [7, 11) is 0. The van der Waals surface area contributed by atoms with E-state index in [4.69, 9.17) is 15.2 Å². The van der Waals surface area contributed by atoms with E-state index in [0.29, 0.717) is 21.4 Å². The van der Waals surface area contributed by atoms with Gasteiger partial charge in [0.05, 0.1) is 6.33 Å². The third-order valence-corrected chi connectivity index (χ3v) is 4.12. The monoisotopic (exact) mass is 431 g/mol. The molecule has 0 radical (unpaired) electrons. The number of nitrogens with two attached hydrogens (primary N) is 1. The first-order valence-corrected chi connectivity index (χ1v) is 7.94. The highest BCUT2D eigenvalue weighted by molar-refractivity contribution is 14.1. The lowest BCUT2D eigenvalue weighted by Gasteiger charge is -2.32. The van der Waals surface area contributed by atoms with Gasteiger partial charge in [-0.1, -0.05) is 0 Å². The van der Waals surface area contributed by atoms with Crippen LogP contribution in [0.5, 0.6) is 0 Å². The zero-order chi connectivity index (χ0) is 16.8. The van der Waals surface area contributed by atoms with Gasteiger partial charge in [-0.25, -0.2) is 9.97 Å². The number of nitrogens with zero attached hydrogens (tertiary/aromatic N) is 4. The molecule has 2 aromatic heterocycles. The number of fused-ring (bicyclic) bond motifs is 1. The standard InChI is InChI=1S/C13H14IN5O4/c1-13(2)22-10(20)6(11(21)23-13)3-4-19-5-16-9-7(19)8(14)17-12(15)18-9/h5-6H,3-4H2,1-2H3,(H2,15,17,18). The van der Waals surface area contributed by atoms with E-state index in [0.717, 1.165) is 0 Å². The molecule has 2 N–H and O–H groups in total. The normalized spacial score (nSPS) is 18.0. The van der Waals surface area contributed by atoms with E-state index in [1.54, 1.807) is 10.9 Å². The van der Waals surface area contributed by atoms with Crippen molar-refractivity contribution in [3.05, 3.63) is 10.0 Å². The van der Waals surface area contributed by atoms with Crippen LogP contribution in [0.4, 0.5) is 5.95 Å². The van der Waals surface area contributed by atoms with Crippen LogP contribution in [0.3, 0.4) is 0 Å². The smallest absolute Gasteiger partial charge is 0.323 e.